The first-order valence-corrected chi connectivity index (χ1v) is 3.83. The van der Waals surface area contributed by atoms with Crippen LogP contribution in [0.1, 0.15) is 20.3 Å². The number of nitrogens with zero attached hydrogens (tertiary/aromatic N) is 1. The third-order valence-electron chi connectivity index (χ3n) is 1.70. The molecule has 0 spiro atoms. The molecule has 0 aromatic carbocycles. The van der Waals surface area contributed by atoms with Crippen molar-refractivity contribution >= 4 is 12.0 Å². The molecule has 1 aliphatic heterocycles. The van der Waals surface area contributed by atoms with Crippen molar-refractivity contribution in [2.75, 3.05) is 6.54 Å². The highest BCUT2D eigenvalue weighted by Crippen LogP contribution is 2.22. The van der Waals surface area contributed by atoms with E-state index in [4.69, 9.17) is 4.74 Å². The molecule has 1 rings (SSSR count). The number of ether oxygens (including phenoxy) is 1. The van der Waals surface area contributed by atoms with Gasteiger partial charge in [0.2, 0.25) is 0 Å². The summed E-state index contributed by atoms with van der Waals surface area (Å²) in [5.74, 6) is -0.281. The van der Waals surface area contributed by atoms with Gasteiger partial charge in [0, 0.05) is 6.54 Å². The fourth-order valence-electron chi connectivity index (χ4n) is 1.08. The fourth-order valence-corrected chi connectivity index (χ4v) is 1.08. The number of amides is 2. The van der Waals surface area contributed by atoms with E-state index < -0.39 is 11.7 Å². The van der Waals surface area contributed by atoms with Gasteiger partial charge < -0.3 is 4.74 Å². The molecular formula is C8H12NO3. The van der Waals surface area contributed by atoms with Crippen LogP contribution in [-0.4, -0.2) is 29.0 Å². The van der Waals surface area contributed by atoms with Crippen molar-refractivity contribution in [2.24, 2.45) is 0 Å². The normalized spacial score (nSPS) is 21.4. The number of hydrogen-bond donors (Lipinski definition) is 0. The molecule has 1 radical (unpaired) electrons. The Labute approximate surface area is 71.5 Å². The smallest absolute Gasteiger partial charge is 0.417 e. The van der Waals surface area contributed by atoms with E-state index in [2.05, 4.69) is 6.92 Å². The van der Waals surface area contributed by atoms with Gasteiger partial charge in [0.15, 0.2) is 5.60 Å². The zero-order chi connectivity index (χ0) is 9.35. The highest BCUT2D eigenvalue weighted by molar-refractivity contribution is 6.02. The first-order chi connectivity index (χ1) is 5.49. The minimum Gasteiger partial charge on any atom is -0.433 e. The number of imide groups is 1. The first-order valence-electron chi connectivity index (χ1n) is 3.83. The molecule has 1 aliphatic rings. The fraction of sp³-hybridized carbons (Fsp3) is 0.625. The van der Waals surface area contributed by atoms with Crippen molar-refractivity contribution in [1.29, 1.82) is 0 Å². The minimum atomic E-state index is -0.994. The minimum absolute atomic E-state index is 0.281. The molecular weight excluding hydrogens is 158 g/mol. The van der Waals surface area contributed by atoms with E-state index in [-0.39, 0.29) is 5.91 Å². The van der Waals surface area contributed by atoms with Gasteiger partial charge in [-0.25, -0.2) is 9.69 Å². The highest BCUT2D eigenvalue weighted by atomic mass is 16.6. The lowest BCUT2D eigenvalue weighted by molar-refractivity contribution is -0.134. The lowest BCUT2D eigenvalue weighted by Crippen LogP contribution is -2.36. The van der Waals surface area contributed by atoms with Crippen LogP contribution < -0.4 is 0 Å². The molecule has 0 N–H and O–H groups in total. The summed E-state index contributed by atoms with van der Waals surface area (Å²) in [6, 6.07) is 0. The maximum absolute atomic E-state index is 11.4. The lowest BCUT2D eigenvalue weighted by Gasteiger charge is -2.12. The van der Waals surface area contributed by atoms with Crippen LogP contribution in [-0.2, 0) is 9.53 Å². The Balaban J connectivity index is 2.78. The summed E-state index contributed by atoms with van der Waals surface area (Å²) in [6.45, 7) is 7.06. The third-order valence-corrected chi connectivity index (χ3v) is 1.70. The molecule has 4 nitrogen and oxygen atoms in total. The molecule has 0 saturated carbocycles. The Bertz CT molecular complexity index is 222. The standard InChI is InChI=1S/C8H12NO3/c1-4-5-9-6(10)8(2,3)12-7(9)11/h1,4-5H2,2-3H3. The number of carbonyl (C=O) groups excluding carboxylic acids is 2. The lowest BCUT2D eigenvalue weighted by atomic mass is 10.1. The molecule has 0 bridgehead atoms. The second kappa shape index (κ2) is 2.77. The first kappa shape index (κ1) is 9.03. The summed E-state index contributed by atoms with van der Waals surface area (Å²) >= 11 is 0. The molecule has 1 saturated heterocycles. The molecule has 67 valence electrons. The van der Waals surface area contributed by atoms with Crippen LogP contribution in [0.5, 0.6) is 0 Å². The van der Waals surface area contributed by atoms with E-state index >= 15 is 0 Å². The maximum atomic E-state index is 11.4. The Morgan fingerprint density at radius 1 is 1.50 bits per heavy atom. The van der Waals surface area contributed by atoms with Crippen molar-refractivity contribution < 1.29 is 14.3 Å². The molecule has 0 aliphatic carbocycles. The van der Waals surface area contributed by atoms with Crippen LogP contribution in [0.15, 0.2) is 0 Å². The Hall–Kier alpha value is -1.06. The summed E-state index contributed by atoms with van der Waals surface area (Å²) in [7, 11) is 0. The van der Waals surface area contributed by atoms with Crippen LogP contribution in [0.3, 0.4) is 0 Å². The van der Waals surface area contributed by atoms with Crippen LogP contribution in [0.2, 0.25) is 0 Å². The quantitative estimate of drug-likeness (QED) is 0.620. The van der Waals surface area contributed by atoms with Crippen LogP contribution in [0, 0.1) is 6.92 Å². The van der Waals surface area contributed by atoms with Gasteiger partial charge in [0.25, 0.3) is 5.91 Å². The highest BCUT2D eigenvalue weighted by Gasteiger charge is 2.46. The van der Waals surface area contributed by atoms with E-state index in [1.165, 1.54) is 0 Å². The van der Waals surface area contributed by atoms with Crippen molar-refractivity contribution in [3.63, 3.8) is 0 Å². The number of hydrogen-bond acceptors (Lipinski definition) is 3. The van der Waals surface area contributed by atoms with Crippen molar-refractivity contribution in [2.45, 2.75) is 25.9 Å². The monoisotopic (exact) mass is 170 g/mol. The zero-order valence-electron chi connectivity index (χ0n) is 7.29. The number of carbonyl (C=O) groups is 2. The van der Waals surface area contributed by atoms with Gasteiger partial charge in [-0.2, -0.15) is 0 Å². The van der Waals surface area contributed by atoms with Crippen LogP contribution in [0.4, 0.5) is 4.79 Å². The zero-order valence-corrected chi connectivity index (χ0v) is 7.29. The van der Waals surface area contributed by atoms with E-state index in [0.29, 0.717) is 13.0 Å². The van der Waals surface area contributed by atoms with Gasteiger partial charge in [-0.15, -0.1) is 0 Å². The van der Waals surface area contributed by atoms with Crippen molar-refractivity contribution in [3.05, 3.63) is 6.92 Å². The molecule has 12 heavy (non-hydrogen) atoms. The second-order valence-corrected chi connectivity index (χ2v) is 3.19. The van der Waals surface area contributed by atoms with E-state index in [1.54, 1.807) is 13.8 Å². The maximum Gasteiger partial charge on any atom is 0.417 e. The van der Waals surface area contributed by atoms with Gasteiger partial charge in [-0.1, -0.05) is 6.92 Å². The largest absolute Gasteiger partial charge is 0.433 e. The van der Waals surface area contributed by atoms with Crippen LogP contribution >= 0.6 is 0 Å². The number of cyclic esters (lactones) is 1. The predicted octanol–water partition coefficient (Wildman–Crippen LogP) is 0.968. The Kier molecular flexibility index (Phi) is 2.08. The predicted molar refractivity (Wildman–Crippen MR) is 42.2 cm³/mol. The summed E-state index contributed by atoms with van der Waals surface area (Å²) in [5.41, 5.74) is -0.994. The SMILES string of the molecule is [CH2]CCN1C(=O)OC(C)(C)C1=O. The average molecular weight is 170 g/mol. The molecule has 1 heterocycles. The molecule has 4 heteroatoms. The van der Waals surface area contributed by atoms with Crippen molar-refractivity contribution in [1.82, 2.24) is 4.90 Å². The Morgan fingerprint density at radius 3 is 2.42 bits per heavy atom. The third kappa shape index (κ3) is 1.29. The van der Waals surface area contributed by atoms with Crippen molar-refractivity contribution in [3.8, 4) is 0 Å². The van der Waals surface area contributed by atoms with Crippen LogP contribution in [0.25, 0.3) is 0 Å². The van der Waals surface area contributed by atoms with E-state index in [1.807, 2.05) is 0 Å². The second-order valence-electron chi connectivity index (χ2n) is 3.19. The summed E-state index contributed by atoms with van der Waals surface area (Å²) in [4.78, 5) is 23.5. The summed E-state index contributed by atoms with van der Waals surface area (Å²) < 4.78 is 4.84. The molecule has 0 atom stereocenters. The molecule has 0 unspecified atom stereocenters. The summed E-state index contributed by atoms with van der Waals surface area (Å²) in [6.07, 6.45) is -0.0506. The summed E-state index contributed by atoms with van der Waals surface area (Å²) in [5, 5.41) is 0. The Morgan fingerprint density at radius 2 is 2.08 bits per heavy atom. The van der Waals surface area contributed by atoms with Gasteiger partial charge >= 0.3 is 6.09 Å². The topological polar surface area (TPSA) is 46.6 Å². The van der Waals surface area contributed by atoms with Gasteiger partial charge in [0.1, 0.15) is 0 Å². The number of rotatable bonds is 2. The van der Waals surface area contributed by atoms with E-state index in [9.17, 15) is 9.59 Å². The average Bonchev–Trinajstić information content (AvgIpc) is 2.13. The van der Waals surface area contributed by atoms with E-state index in [0.717, 1.165) is 4.90 Å². The molecule has 0 aromatic rings. The van der Waals surface area contributed by atoms with Gasteiger partial charge in [0.05, 0.1) is 0 Å². The molecule has 1 fully saturated rings. The van der Waals surface area contributed by atoms with Gasteiger partial charge in [-0.3, -0.25) is 4.79 Å². The van der Waals surface area contributed by atoms with Gasteiger partial charge in [-0.05, 0) is 20.3 Å². The molecule has 0 aromatic heterocycles. The molecule has 2 amide bonds.